The first-order chi connectivity index (χ1) is 11.7. The summed E-state index contributed by atoms with van der Waals surface area (Å²) in [6.07, 6.45) is 0. The monoisotopic (exact) mass is 380 g/mol. The van der Waals surface area contributed by atoms with E-state index in [1.165, 1.54) is 18.3 Å². The van der Waals surface area contributed by atoms with E-state index in [1.807, 2.05) is 25.1 Å². The zero-order valence-electron chi connectivity index (χ0n) is 14.9. The predicted molar refractivity (Wildman–Crippen MR) is 103 cm³/mol. The number of anilines is 1. The fraction of sp³-hybridized carbons (Fsp3) is 0.389. The second kappa shape index (κ2) is 8.12. The van der Waals surface area contributed by atoms with Crippen molar-refractivity contribution in [1.29, 1.82) is 0 Å². The molecule has 0 saturated carbocycles. The van der Waals surface area contributed by atoms with E-state index in [0.29, 0.717) is 0 Å². The Labute approximate surface area is 153 Å². The summed E-state index contributed by atoms with van der Waals surface area (Å²) in [5.74, 6) is 0.158. The fourth-order valence-electron chi connectivity index (χ4n) is 2.72. The van der Waals surface area contributed by atoms with Gasteiger partial charge in [-0.3, -0.25) is 4.79 Å². The third-order valence-electron chi connectivity index (χ3n) is 3.93. The highest BCUT2D eigenvalue weighted by atomic mass is 32.2. The van der Waals surface area contributed by atoms with Crippen molar-refractivity contribution in [2.45, 2.75) is 37.8 Å². The first-order valence-electron chi connectivity index (χ1n) is 8.15. The van der Waals surface area contributed by atoms with Crippen LogP contribution in [0, 0.1) is 6.92 Å². The van der Waals surface area contributed by atoms with Crippen molar-refractivity contribution in [1.82, 2.24) is 4.72 Å². The first kappa shape index (κ1) is 19.6. The lowest BCUT2D eigenvalue weighted by molar-refractivity contribution is -0.116. The second-order valence-electron chi connectivity index (χ2n) is 6.17. The minimum atomic E-state index is -3.53. The average molecular weight is 381 g/mol. The van der Waals surface area contributed by atoms with E-state index in [2.05, 4.69) is 18.6 Å². The van der Waals surface area contributed by atoms with E-state index in [1.54, 1.807) is 22.4 Å². The third kappa shape index (κ3) is 4.68. The van der Waals surface area contributed by atoms with Crippen molar-refractivity contribution in [3.05, 3.63) is 46.8 Å². The summed E-state index contributed by atoms with van der Waals surface area (Å²) in [5.41, 5.74) is 2.96. The predicted octanol–water partition coefficient (Wildman–Crippen LogP) is 3.51. The van der Waals surface area contributed by atoms with Gasteiger partial charge in [0.2, 0.25) is 15.9 Å². The Morgan fingerprint density at radius 3 is 2.52 bits per heavy atom. The molecule has 136 valence electrons. The quantitative estimate of drug-likeness (QED) is 0.799. The van der Waals surface area contributed by atoms with Gasteiger partial charge in [-0.15, -0.1) is 11.3 Å². The number of thiophene rings is 1. The number of nitrogens with one attached hydrogen (secondary N) is 1. The van der Waals surface area contributed by atoms with Gasteiger partial charge in [0.05, 0.1) is 5.69 Å². The van der Waals surface area contributed by atoms with Crippen LogP contribution in [0.25, 0.3) is 0 Å². The molecule has 0 aliphatic rings. The highest BCUT2D eigenvalue weighted by Gasteiger charge is 2.20. The highest BCUT2D eigenvalue weighted by molar-refractivity contribution is 7.91. The van der Waals surface area contributed by atoms with Gasteiger partial charge in [-0.05, 0) is 35.4 Å². The van der Waals surface area contributed by atoms with E-state index < -0.39 is 10.0 Å². The molecule has 1 N–H and O–H groups in total. The average Bonchev–Trinajstić information content (AvgIpc) is 3.07. The number of para-hydroxylation sites is 1. The lowest BCUT2D eigenvalue weighted by atomic mass is 9.97. The standard InChI is InChI=1S/C18H24N2O3S2/c1-13(2)16-8-5-7-14(3)18(16)20(15(4)21)11-10-19-25(22,23)17-9-6-12-24-17/h5-9,12-13,19H,10-11H2,1-4H3. The van der Waals surface area contributed by atoms with Gasteiger partial charge in [-0.25, -0.2) is 13.1 Å². The summed E-state index contributed by atoms with van der Waals surface area (Å²) in [6, 6.07) is 9.22. The fourth-order valence-corrected chi connectivity index (χ4v) is 4.78. The van der Waals surface area contributed by atoms with Crippen LogP contribution in [0.2, 0.25) is 0 Å². The zero-order valence-corrected chi connectivity index (χ0v) is 16.6. The SMILES string of the molecule is CC(=O)N(CCNS(=O)(=O)c1cccs1)c1c(C)cccc1C(C)C. The molecule has 7 heteroatoms. The molecule has 2 aromatic rings. The van der Waals surface area contributed by atoms with Crippen LogP contribution < -0.4 is 9.62 Å². The van der Waals surface area contributed by atoms with Crippen molar-refractivity contribution in [2.75, 3.05) is 18.0 Å². The molecule has 0 fully saturated rings. The van der Waals surface area contributed by atoms with Crippen LogP contribution in [0.15, 0.2) is 39.9 Å². The lowest BCUT2D eigenvalue weighted by Crippen LogP contribution is -2.38. The molecule has 25 heavy (non-hydrogen) atoms. The summed E-state index contributed by atoms with van der Waals surface area (Å²) in [4.78, 5) is 13.9. The van der Waals surface area contributed by atoms with Crippen LogP contribution in [-0.4, -0.2) is 27.4 Å². The Kier molecular flexibility index (Phi) is 6.37. The van der Waals surface area contributed by atoms with Gasteiger partial charge in [0.15, 0.2) is 0 Å². The van der Waals surface area contributed by atoms with Crippen LogP contribution in [0.5, 0.6) is 0 Å². The molecular weight excluding hydrogens is 356 g/mol. The molecule has 1 aromatic carbocycles. The van der Waals surface area contributed by atoms with E-state index in [-0.39, 0.29) is 29.1 Å². The van der Waals surface area contributed by atoms with Gasteiger partial charge >= 0.3 is 0 Å². The van der Waals surface area contributed by atoms with Crippen molar-refractivity contribution >= 4 is 33.0 Å². The van der Waals surface area contributed by atoms with E-state index in [9.17, 15) is 13.2 Å². The van der Waals surface area contributed by atoms with Gasteiger partial charge in [0.25, 0.3) is 0 Å². The number of hydrogen-bond donors (Lipinski definition) is 1. The second-order valence-corrected chi connectivity index (χ2v) is 9.11. The lowest BCUT2D eigenvalue weighted by Gasteiger charge is -2.27. The van der Waals surface area contributed by atoms with E-state index in [4.69, 9.17) is 0 Å². The number of nitrogens with zero attached hydrogens (tertiary/aromatic N) is 1. The molecule has 0 atom stereocenters. The van der Waals surface area contributed by atoms with Crippen LogP contribution in [0.1, 0.15) is 37.8 Å². The number of rotatable bonds is 7. The zero-order chi connectivity index (χ0) is 18.6. The molecule has 0 spiro atoms. The number of aryl methyl sites for hydroxylation is 1. The molecular formula is C18H24N2O3S2. The number of carbonyl (C=O) groups excluding carboxylic acids is 1. The highest BCUT2D eigenvalue weighted by Crippen LogP contribution is 2.31. The molecule has 0 unspecified atom stereocenters. The Bertz CT molecular complexity index is 828. The van der Waals surface area contributed by atoms with Gasteiger partial charge < -0.3 is 4.90 Å². The maximum atomic E-state index is 12.2. The molecule has 1 heterocycles. The number of benzene rings is 1. The number of sulfonamides is 1. The minimum absolute atomic E-state index is 0.105. The first-order valence-corrected chi connectivity index (χ1v) is 10.5. The van der Waals surface area contributed by atoms with E-state index >= 15 is 0 Å². The van der Waals surface area contributed by atoms with E-state index in [0.717, 1.165) is 16.8 Å². The molecule has 1 amide bonds. The molecule has 0 saturated heterocycles. The molecule has 0 aliphatic heterocycles. The Hall–Kier alpha value is -1.70. The largest absolute Gasteiger partial charge is 0.311 e. The summed E-state index contributed by atoms with van der Waals surface area (Å²) in [6.45, 7) is 8.07. The Morgan fingerprint density at radius 2 is 1.96 bits per heavy atom. The normalized spacial score (nSPS) is 11.7. The Balaban J connectivity index is 2.20. The summed E-state index contributed by atoms with van der Waals surface area (Å²) < 4.78 is 27.3. The molecule has 0 aliphatic carbocycles. The minimum Gasteiger partial charge on any atom is -0.311 e. The van der Waals surface area contributed by atoms with Crippen molar-refractivity contribution in [3.63, 3.8) is 0 Å². The van der Waals surface area contributed by atoms with Crippen molar-refractivity contribution < 1.29 is 13.2 Å². The number of hydrogen-bond acceptors (Lipinski definition) is 4. The van der Waals surface area contributed by atoms with Gasteiger partial charge in [-0.1, -0.05) is 38.1 Å². The summed E-state index contributed by atoms with van der Waals surface area (Å²) in [7, 11) is -3.53. The molecule has 2 rings (SSSR count). The van der Waals surface area contributed by atoms with Crippen LogP contribution in [0.4, 0.5) is 5.69 Å². The number of amides is 1. The van der Waals surface area contributed by atoms with Crippen LogP contribution in [0.3, 0.4) is 0 Å². The summed E-state index contributed by atoms with van der Waals surface area (Å²) in [5, 5.41) is 1.72. The summed E-state index contributed by atoms with van der Waals surface area (Å²) >= 11 is 1.17. The van der Waals surface area contributed by atoms with Gasteiger partial charge in [0, 0.05) is 20.0 Å². The molecule has 0 bridgehead atoms. The van der Waals surface area contributed by atoms with Crippen molar-refractivity contribution in [2.24, 2.45) is 0 Å². The van der Waals surface area contributed by atoms with Gasteiger partial charge in [-0.2, -0.15) is 0 Å². The van der Waals surface area contributed by atoms with Crippen LogP contribution >= 0.6 is 11.3 Å². The number of carbonyl (C=O) groups is 1. The van der Waals surface area contributed by atoms with Gasteiger partial charge in [0.1, 0.15) is 4.21 Å². The van der Waals surface area contributed by atoms with Crippen molar-refractivity contribution in [3.8, 4) is 0 Å². The topological polar surface area (TPSA) is 66.5 Å². The Morgan fingerprint density at radius 1 is 1.24 bits per heavy atom. The smallest absolute Gasteiger partial charge is 0.250 e. The molecule has 1 aromatic heterocycles. The maximum Gasteiger partial charge on any atom is 0.250 e. The molecule has 0 radical (unpaired) electrons. The maximum absolute atomic E-state index is 12.2. The third-order valence-corrected chi connectivity index (χ3v) is 6.79. The molecule has 5 nitrogen and oxygen atoms in total. The van der Waals surface area contributed by atoms with Crippen LogP contribution in [-0.2, 0) is 14.8 Å².